The molecule has 2 aromatic carbocycles. The Balaban J connectivity index is 1.57. The summed E-state index contributed by atoms with van der Waals surface area (Å²) in [7, 11) is -3.42. The Morgan fingerprint density at radius 2 is 1.71 bits per heavy atom. The van der Waals surface area contributed by atoms with Gasteiger partial charge in [-0.05, 0) is 61.2 Å². The highest BCUT2D eigenvalue weighted by atomic mass is 32.2. The average Bonchev–Trinajstić information content (AvgIpc) is 2.83. The number of halogens is 1. The first kappa shape index (κ1) is 25.7. The Labute approximate surface area is 200 Å². The second-order valence-electron chi connectivity index (χ2n) is 8.74. The molecule has 3 N–H and O–H groups in total. The molecule has 7 nitrogen and oxygen atoms in total. The first-order chi connectivity index (χ1) is 16.2. The van der Waals surface area contributed by atoms with Gasteiger partial charge < -0.3 is 16.0 Å². The van der Waals surface area contributed by atoms with Gasteiger partial charge >= 0.3 is 0 Å². The zero-order valence-electron chi connectivity index (χ0n) is 19.3. The molecule has 0 radical (unpaired) electrons. The lowest BCUT2D eigenvalue weighted by atomic mass is 9.79. The molecule has 1 aliphatic rings. The highest BCUT2D eigenvalue weighted by Crippen LogP contribution is 2.30. The number of nitrogens with one attached hydrogen (secondary N) is 3. The van der Waals surface area contributed by atoms with E-state index in [-0.39, 0.29) is 40.6 Å². The van der Waals surface area contributed by atoms with Crippen LogP contribution in [-0.2, 0) is 14.6 Å². The van der Waals surface area contributed by atoms with E-state index in [4.69, 9.17) is 0 Å². The number of carbonyl (C=O) groups excluding carboxylic acids is 2. The molecule has 1 unspecified atom stereocenters. The number of benzene rings is 2. The molecule has 0 aromatic heterocycles. The van der Waals surface area contributed by atoms with E-state index in [9.17, 15) is 22.4 Å². The highest BCUT2D eigenvalue weighted by Gasteiger charge is 2.30. The van der Waals surface area contributed by atoms with Crippen molar-refractivity contribution < 1.29 is 22.4 Å². The van der Waals surface area contributed by atoms with Gasteiger partial charge in [0.1, 0.15) is 5.82 Å². The Kier molecular flexibility index (Phi) is 9.04. The Bertz CT molecular complexity index is 1080. The smallest absolute Gasteiger partial charge is 0.251 e. The molecule has 0 spiro atoms. The zero-order chi connectivity index (χ0) is 24.6. The van der Waals surface area contributed by atoms with Crippen molar-refractivity contribution in [2.75, 3.05) is 31.2 Å². The molecule has 0 heterocycles. The maximum absolute atomic E-state index is 13.0. The number of amides is 2. The number of sulfone groups is 1. The van der Waals surface area contributed by atoms with Crippen molar-refractivity contribution in [3.8, 4) is 0 Å². The summed E-state index contributed by atoms with van der Waals surface area (Å²) in [5, 5.41) is 8.91. The molecule has 2 aromatic rings. The highest BCUT2D eigenvalue weighted by molar-refractivity contribution is 7.90. The fourth-order valence-electron chi connectivity index (χ4n) is 4.27. The third-order valence-corrected chi connectivity index (χ3v) is 7.27. The molecule has 9 heteroatoms. The van der Waals surface area contributed by atoms with E-state index in [1.165, 1.54) is 30.3 Å². The predicted octanol–water partition coefficient (Wildman–Crippen LogP) is 3.38. The second kappa shape index (κ2) is 12.0. The van der Waals surface area contributed by atoms with Crippen LogP contribution in [0.1, 0.15) is 42.5 Å². The summed E-state index contributed by atoms with van der Waals surface area (Å²) >= 11 is 0. The van der Waals surface area contributed by atoms with Crippen LogP contribution in [0.2, 0.25) is 0 Å². The van der Waals surface area contributed by atoms with Crippen LogP contribution in [0.25, 0.3) is 0 Å². The summed E-state index contributed by atoms with van der Waals surface area (Å²) in [4.78, 5) is 25.8. The first-order valence-electron chi connectivity index (χ1n) is 11.6. The number of anilines is 1. The van der Waals surface area contributed by atoms with Gasteiger partial charge in [-0.1, -0.05) is 25.3 Å². The fraction of sp³-hybridized carbons (Fsp3) is 0.440. The third kappa shape index (κ3) is 7.55. The molecule has 0 bridgehead atoms. The van der Waals surface area contributed by atoms with Crippen molar-refractivity contribution in [3.63, 3.8) is 0 Å². The van der Waals surface area contributed by atoms with Gasteiger partial charge in [0.2, 0.25) is 5.91 Å². The van der Waals surface area contributed by atoms with Gasteiger partial charge in [-0.3, -0.25) is 9.59 Å². The summed E-state index contributed by atoms with van der Waals surface area (Å²) in [6.07, 6.45) is 6.24. The van der Waals surface area contributed by atoms with Gasteiger partial charge in [0.25, 0.3) is 5.91 Å². The molecular weight excluding hydrogens is 457 g/mol. The summed E-state index contributed by atoms with van der Waals surface area (Å²) in [6.45, 7) is 1.06. The van der Waals surface area contributed by atoms with Crippen LogP contribution < -0.4 is 16.0 Å². The van der Waals surface area contributed by atoms with E-state index in [0.29, 0.717) is 13.1 Å². The van der Waals surface area contributed by atoms with Crippen LogP contribution in [-0.4, -0.2) is 46.1 Å². The van der Waals surface area contributed by atoms with E-state index in [2.05, 4.69) is 16.0 Å². The molecule has 0 aliphatic heterocycles. The van der Waals surface area contributed by atoms with Crippen molar-refractivity contribution in [2.24, 2.45) is 11.8 Å². The number of hydrogen-bond donors (Lipinski definition) is 3. The minimum Gasteiger partial charge on any atom is -0.383 e. The summed E-state index contributed by atoms with van der Waals surface area (Å²) < 4.78 is 36.6. The van der Waals surface area contributed by atoms with E-state index < -0.39 is 15.7 Å². The monoisotopic (exact) mass is 489 g/mol. The van der Waals surface area contributed by atoms with Gasteiger partial charge in [0.05, 0.1) is 10.8 Å². The van der Waals surface area contributed by atoms with Gasteiger partial charge in [-0.25, -0.2) is 12.8 Å². The number of rotatable bonds is 10. The van der Waals surface area contributed by atoms with Gasteiger partial charge in [-0.15, -0.1) is 0 Å². The van der Waals surface area contributed by atoms with Crippen molar-refractivity contribution in [3.05, 3.63) is 59.9 Å². The van der Waals surface area contributed by atoms with Crippen molar-refractivity contribution in [2.45, 2.75) is 37.0 Å². The quantitative estimate of drug-likeness (QED) is 0.444. The van der Waals surface area contributed by atoms with Crippen LogP contribution in [0.3, 0.4) is 0 Å². The molecule has 3 rings (SSSR count). The molecule has 184 valence electrons. The Morgan fingerprint density at radius 1 is 1.00 bits per heavy atom. The van der Waals surface area contributed by atoms with Crippen molar-refractivity contribution in [1.29, 1.82) is 0 Å². The van der Waals surface area contributed by atoms with Crippen LogP contribution >= 0.6 is 0 Å². The lowest BCUT2D eigenvalue weighted by molar-refractivity contribution is -0.126. The fourth-order valence-corrected chi connectivity index (χ4v) is 4.94. The average molecular weight is 490 g/mol. The van der Waals surface area contributed by atoms with Crippen LogP contribution in [0, 0.1) is 17.7 Å². The van der Waals surface area contributed by atoms with Gasteiger partial charge in [0.15, 0.2) is 9.84 Å². The van der Waals surface area contributed by atoms with Gasteiger partial charge in [0, 0.05) is 37.1 Å². The topological polar surface area (TPSA) is 104 Å². The van der Waals surface area contributed by atoms with Crippen LogP contribution in [0.15, 0.2) is 53.4 Å². The SMILES string of the molecule is CS(=O)(=O)c1cccc(C(=O)NCC(C(=O)NCCNc2ccc(F)cc2)C2CCCCC2)c1. The Morgan fingerprint density at radius 3 is 2.38 bits per heavy atom. The molecule has 34 heavy (non-hydrogen) atoms. The lowest BCUT2D eigenvalue weighted by Crippen LogP contribution is -2.44. The van der Waals surface area contributed by atoms with E-state index >= 15 is 0 Å². The number of hydrogen-bond acceptors (Lipinski definition) is 5. The summed E-state index contributed by atoms with van der Waals surface area (Å²) in [5.74, 6) is -1.01. The second-order valence-corrected chi connectivity index (χ2v) is 10.8. The molecular formula is C25H32FN3O4S. The third-order valence-electron chi connectivity index (χ3n) is 6.16. The molecule has 1 saturated carbocycles. The maximum Gasteiger partial charge on any atom is 0.251 e. The zero-order valence-corrected chi connectivity index (χ0v) is 20.2. The minimum absolute atomic E-state index is 0.0791. The van der Waals surface area contributed by atoms with E-state index in [1.807, 2.05) is 0 Å². The normalized spacial score (nSPS) is 15.4. The van der Waals surface area contributed by atoms with Gasteiger partial charge in [-0.2, -0.15) is 0 Å². The van der Waals surface area contributed by atoms with Crippen molar-refractivity contribution >= 4 is 27.3 Å². The van der Waals surface area contributed by atoms with Crippen LogP contribution in [0.5, 0.6) is 0 Å². The number of carbonyl (C=O) groups is 2. The Hall–Kier alpha value is -2.94. The van der Waals surface area contributed by atoms with E-state index in [1.54, 1.807) is 18.2 Å². The summed E-state index contributed by atoms with van der Waals surface area (Å²) in [6, 6.07) is 11.9. The first-order valence-corrected chi connectivity index (χ1v) is 13.5. The minimum atomic E-state index is -3.42. The van der Waals surface area contributed by atoms with Crippen LogP contribution in [0.4, 0.5) is 10.1 Å². The molecule has 1 atom stereocenters. The molecule has 0 saturated heterocycles. The van der Waals surface area contributed by atoms with Crippen molar-refractivity contribution in [1.82, 2.24) is 10.6 Å². The molecule has 1 fully saturated rings. The lowest BCUT2D eigenvalue weighted by Gasteiger charge is -2.29. The van der Waals surface area contributed by atoms with E-state index in [0.717, 1.165) is 44.0 Å². The largest absolute Gasteiger partial charge is 0.383 e. The molecule has 1 aliphatic carbocycles. The standard InChI is InChI=1S/C25H32FN3O4S/c1-34(32,33)22-9-5-8-19(16-22)24(30)29-17-23(18-6-3-2-4-7-18)25(31)28-15-14-27-21-12-10-20(26)11-13-21/h5,8-13,16,18,23,27H,2-4,6-7,14-15,17H2,1H3,(H,28,31)(H,29,30). The molecule has 2 amide bonds. The summed E-state index contributed by atoms with van der Waals surface area (Å²) in [5.41, 5.74) is 1.01. The predicted molar refractivity (Wildman–Crippen MR) is 130 cm³/mol. The maximum atomic E-state index is 13.0.